The fourth-order valence-electron chi connectivity index (χ4n) is 3.30. The van der Waals surface area contributed by atoms with Crippen LogP contribution in [0.25, 0.3) is 11.2 Å². The van der Waals surface area contributed by atoms with E-state index >= 15 is 0 Å². The topological polar surface area (TPSA) is 103 Å². The number of aryl methyl sites for hydroxylation is 1. The van der Waals surface area contributed by atoms with Gasteiger partial charge in [-0.2, -0.15) is 0 Å². The second kappa shape index (κ2) is 10.3. The Hall–Kier alpha value is -2.65. The van der Waals surface area contributed by atoms with Crippen LogP contribution >= 0.6 is 11.6 Å². The van der Waals surface area contributed by atoms with Crippen molar-refractivity contribution in [1.82, 2.24) is 19.3 Å². The highest BCUT2D eigenvalue weighted by molar-refractivity contribution is 7.90. The van der Waals surface area contributed by atoms with E-state index in [-0.39, 0.29) is 11.4 Å². The van der Waals surface area contributed by atoms with Gasteiger partial charge in [-0.15, -0.1) is 0 Å². The predicted molar refractivity (Wildman–Crippen MR) is 125 cm³/mol. The zero-order chi connectivity index (χ0) is 23.3. The summed E-state index contributed by atoms with van der Waals surface area (Å²) in [6, 6.07) is 8.60. The fraction of sp³-hybridized carbons (Fsp3) is 0.409. The Labute approximate surface area is 193 Å². The van der Waals surface area contributed by atoms with Crippen molar-refractivity contribution in [2.75, 3.05) is 12.4 Å². The summed E-state index contributed by atoms with van der Waals surface area (Å²) in [6.07, 6.45) is 2.18. The maximum atomic E-state index is 12.5. The van der Waals surface area contributed by atoms with Gasteiger partial charge in [-0.1, -0.05) is 37.4 Å². The van der Waals surface area contributed by atoms with Gasteiger partial charge in [-0.05, 0) is 50.1 Å². The molecular weight excluding hydrogens is 452 g/mol. The van der Waals surface area contributed by atoms with E-state index in [1.807, 2.05) is 37.5 Å². The molecule has 3 aromatic rings. The summed E-state index contributed by atoms with van der Waals surface area (Å²) in [6.45, 7) is 6.65. The zero-order valence-electron chi connectivity index (χ0n) is 18.4. The molecule has 1 aromatic carbocycles. The van der Waals surface area contributed by atoms with Gasteiger partial charge >= 0.3 is 0 Å². The van der Waals surface area contributed by atoms with Gasteiger partial charge in [0, 0.05) is 5.02 Å². The Morgan fingerprint density at radius 2 is 1.94 bits per heavy atom. The van der Waals surface area contributed by atoms with Crippen LogP contribution in [-0.4, -0.2) is 41.2 Å². The number of amides is 1. The maximum Gasteiger partial charge on any atom is 0.283 e. The molecule has 0 radical (unpaired) electrons. The summed E-state index contributed by atoms with van der Waals surface area (Å²) in [5.74, 6) is 0.531. The maximum absolute atomic E-state index is 12.5. The smallest absolute Gasteiger partial charge is 0.283 e. The third kappa shape index (κ3) is 5.77. The van der Waals surface area contributed by atoms with E-state index < -0.39 is 15.9 Å². The number of fused-ring (bicyclic) bond motifs is 1. The highest BCUT2D eigenvalue weighted by Crippen LogP contribution is 2.25. The van der Waals surface area contributed by atoms with Crippen LogP contribution in [0.1, 0.15) is 55.0 Å². The van der Waals surface area contributed by atoms with Gasteiger partial charge in [0.1, 0.15) is 22.8 Å². The molecule has 8 nitrogen and oxygen atoms in total. The third-order valence-electron chi connectivity index (χ3n) is 4.94. The number of unbranched alkanes of at least 4 members (excludes halogenated alkanes) is 2. The van der Waals surface area contributed by atoms with Crippen LogP contribution in [0.3, 0.4) is 0 Å². The molecule has 0 aliphatic carbocycles. The van der Waals surface area contributed by atoms with Crippen molar-refractivity contribution in [3.05, 3.63) is 52.4 Å². The lowest BCUT2D eigenvalue weighted by molar-refractivity contribution is 0.0977. The Kier molecular flexibility index (Phi) is 7.73. The Morgan fingerprint density at radius 1 is 1.16 bits per heavy atom. The van der Waals surface area contributed by atoms with E-state index in [9.17, 15) is 13.2 Å². The molecule has 10 heteroatoms. The number of aromatic nitrogens is 3. The average molecular weight is 479 g/mol. The first-order valence-corrected chi connectivity index (χ1v) is 12.6. The molecule has 3 rings (SSSR count). The van der Waals surface area contributed by atoms with E-state index in [4.69, 9.17) is 16.3 Å². The number of nitrogens with one attached hydrogen (secondary N) is 1. The molecule has 1 amide bonds. The lowest BCUT2D eigenvalue weighted by Gasteiger charge is -2.11. The number of halogens is 1. The molecule has 2 heterocycles. The summed E-state index contributed by atoms with van der Waals surface area (Å²) in [5, 5.41) is 0.546. The lowest BCUT2D eigenvalue weighted by Crippen LogP contribution is -2.33. The first kappa shape index (κ1) is 24.0. The summed E-state index contributed by atoms with van der Waals surface area (Å²) in [7, 11) is -3.71. The summed E-state index contributed by atoms with van der Waals surface area (Å²) in [5.41, 5.74) is 1.93. The molecule has 0 aliphatic rings. The minimum atomic E-state index is -3.71. The van der Waals surface area contributed by atoms with Crippen LogP contribution in [0.2, 0.25) is 5.02 Å². The van der Waals surface area contributed by atoms with Crippen molar-refractivity contribution in [3.8, 4) is 5.75 Å². The molecule has 0 fully saturated rings. The molecule has 2 aromatic heterocycles. The number of hydrogen-bond acceptors (Lipinski definition) is 6. The molecule has 0 unspecified atom stereocenters. The van der Waals surface area contributed by atoms with Crippen LogP contribution in [0.5, 0.6) is 5.75 Å². The molecule has 172 valence electrons. The van der Waals surface area contributed by atoms with Gasteiger partial charge in [0.2, 0.25) is 10.0 Å². The predicted octanol–water partition coefficient (Wildman–Crippen LogP) is 4.09. The number of carbonyl (C=O) groups excluding carboxylic acids is 1. The Morgan fingerprint density at radius 3 is 2.62 bits per heavy atom. The van der Waals surface area contributed by atoms with Crippen LogP contribution < -0.4 is 9.46 Å². The van der Waals surface area contributed by atoms with Crippen molar-refractivity contribution in [2.45, 2.75) is 46.6 Å². The third-order valence-corrected chi connectivity index (χ3v) is 6.62. The monoisotopic (exact) mass is 478 g/mol. The minimum Gasteiger partial charge on any atom is -0.494 e. The number of sulfonamides is 1. The van der Waals surface area contributed by atoms with Crippen LogP contribution in [0.15, 0.2) is 30.3 Å². The molecule has 0 saturated carbocycles. The first-order chi connectivity index (χ1) is 15.2. The van der Waals surface area contributed by atoms with Gasteiger partial charge in [0.05, 0.1) is 18.9 Å². The van der Waals surface area contributed by atoms with Crippen LogP contribution in [0.4, 0.5) is 0 Å². The zero-order valence-corrected chi connectivity index (χ0v) is 20.0. The molecule has 0 bridgehead atoms. The lowest BCUT2D eigenvalue weighted by atomic mass is 10.2. The normalized spacial score (nSPS) is 11.6. The number of benzene rings is 1. The molecular formula is C22H27ClN4O4S. The van der Waals surface area contributed by atoms with Crippen molar-refractivity contribution in [1.29, 1.82) is 0 Å². The van der Waals surface area contributed by atoms with Gasteiger partial charge in [0.15, 0.2) is 5.65 Å². The van der Waals surface area contributed by atoms with Gasteiger partial charge in [-0.25, -0.2) is 23.1 Å². The number of nitrogens with zero attached hydrogens (tertiary/aromatic N) is 3. The van der Waals surface area contributed by atoms with Gasteiger partial charge < -0.3 is 9.30 Å². The van der Waals surface area contributed by atoms with Crippen molar-refractivity contribution in [2.24, 2.45) is 0 Å². The standard InChI is InChI=1S/C22H27ClN4O4S/c1-4-6-7-12-32(29,30)26-22(28)20-11-10-19-21(25-20)27(15(3)24-19)14-16-8-9-17(31-5-2)13-18(16)23/h8-11,13H,4-7,12,14H2,1-3H3,(H,26,28). The highest BCUT2D eigenvalue weighted by Gasteiger charge is 2.19. The number of carbonyl (C=O) groups is 1. The van der Waals surface area contributed by atoms with Crippen molar-refractivity contribution in [3.63, 3.8) is 0 Å². The molecule has 32 heavy (non-hydrogen) atoms. The number of rotatable bonds is 10. The SMILES string of the molecule is CCCCCS(=O)(=O)NC(=O)c1ccc2nc(C)n(Cc3ccc(OCC)cc3Cl)c2n1. The Balaban J connectivity index is 1.86. The molecule has 0 spiro atoms. The largest absolute Gasteiger partial charge is 0.494 e. The number of hydrogen-bond donors (Lipinski definition) is 1. The average Bonchev–Trinajstić information content (AvgIpc) is 3.04. The van der Waals surface area contributed by atoms with Gasteiger partial charge in [-0.3, -0.25) is 4.79 Å². The molecule has 1 N–H and O–H groups in total. The van der Waals surface area contributed by atoms with E-state index in [0.717, 1.165) is 18.4 Å². The second-order valence-electron chi connectivity index (χ2n) is 7.43. The molecule has 0 aliphatic heterocycles. The minimum absolute atomic E-state index is 0.00973. The molecule has 0 saturated heterocycles. The van der Waals surface area contributed by atoms with E-state index in [2.05, 4.69) is 14.7 Å². The van der Waals surface area contributed by atoms with Gasteiger partial charge in [0.25, 0.3) is 5.91 Å². The number of imidazole rings is 1. The van der Waals surface area contributed by atoms with Crippen molar-refractivity contribution < 1.29 is 17.9 Å². The number of pyridine rings is 1. The summed E-state index contributed by atoms with van der Waals surface area (Å²) < 4.78 is 33.8. The fourth-order valence-corrected chi connectivity index (χ4v) is 4.60. The first-order valence-electron chi connectivity index (χ1n) is 10.5. The second-order valence-corrected chi connectivity index (χ2v) is 9.68. The molecule has 0 atom stereocenters. The summed E-state index contributed by atoms with van der Waals surface area (Å²) in [4.78, 5) is 21.4. The van der Waals surface area contributed by atoms with E-state index in [1.54, 1.807) is 12.1 Å². The van der Waals surface area contributed by atoms with Crippen LogP contribution in [-0.2, 0) is 16.6 Å². The number of ether oxygens (including phenoxy) is 1. The van der Waals surface area contributed by atoms with Crippen molar-refractivity contribution >= 4 is 38.7 Å². The van der Waals surface area contributed by atoms with E-state index in [1.165, 1.54) is 6.07 Å². The van der Waals surface area contributed by atoms with E-state index in [0.29, 0.717) is 47.3 Å². The highest BCUT2D eigenvalue weighted by atomic mass is 35.5. The van der Waals surface area contributed by atoms with Crippen LogP contribution in [0, 0.1) is 6.92 Å². The quantitative estimate of drug-likeness (QED) is 0.440. The Bertz CT molecular complexity index is 1220. The summed E-state index contributed by atoms with van der Waals surface area (Å²) >= 11 is 6.43.